The molecule has 0 unspecified atom stereocenters. The molecule has 0 aromatic carbocycles. The van der Waals surface area contributed by atoms with E-state index in [0.29, 0.717) is 26.1 Å². The van der Waals surface area contributed by atoms with Crippen molar-refractivity contribution in [2.24, 2.45) is 0 Å². The first-order valence-corrected chi connectivity index (χ1v) is 16.5. The van der Waals surface area contributed by atoms with Crippen LogP contribution in [0.15, 0.2) is 23.8 Å². The van der Waals surface area contributed by atoms with Crippen molar-refractivity contribution in [1.29, 1.82) is 0 Å². The molecule has 0 N–H and O–H groups in total. The average Bonchev–Trinajstić information content (AvgIpc) is 2.95. The number of hydrogen-bond donors (Lipinski definition) is 0. The second-order valence-electron chi connectivity index (χ2n) is 11.3. The summed E-state index contributed by atoms with van der Waals surface area (Å²) in [6.45, 7) is 7.67. The molecule has 0 radical (unpaired) electrons. The van der Waals surface area contributed by atoms with Crippen LogP contribution in [0.25, 0.3) is 0 Å². The molecule has 0 saturated carbocycles. The molecule has 0 spiro atoms. The molecule has 0 aromatic heterocycles. The van der Waals surface area contributed by atoms with Gasteiger partial charge in [0.25, 0.3) is 0 Å². The van der Waals surface area contributed by atoms with Gasteiger partial charge in [-0.1, -0.05) is 90.6 Å². The molecule has 9 nitrogen and oxygen atoms in total. The Hall–Kier alpha value is -2.68. The highest BCUT2D eigenvalue weighted by molar-refractivity contribution is 5.78. The van der Waals surface area contributed by atoms with Crippen LogP contribution in [0.1, 0.15) is 124 Å². The molecule has 0 fully saturated rings. The van der Waals surface area contributed by atoms with Crippen molar-refractivity contribution in [1.82, 2.24) is 4.90 Å². The lowest BCUT2D eigenvalue weighted by Crippen LogP contribution is -2.40. The number of nitrogens with zero attached hydrogens (tertiary/aromatic N) is 1. The van der Waals surface area contributed by atoms with Crippen LogP contribution in [0.4, 0.5) is 0 Å². The minimum atomic E-state index is -0.561. The molecule has 0 amide bonds. The third-order valence-electron chi connectivity index (χ3n) is 7.28. The number of hydrogen-bond acceptors (Lipinski definition) is 9. The number of allylic oxidation sites excluding steroid dienone is 1. The van der Waals surface area contributed by atoms with Crippen LogP contribution in [0.2, 0.25) is 0 Å². The van der Waals surface area contributed by atoms with E-state index in [0.717, 1.165) is 50.5 Å². The number of rotatable bonds is 23. The van der Waals surface area contributed by atoms with E-state index in [1.807, 2.05) is 13.0 Å². The van der Waals surface area contributed by atoms with Crippen LogP contribution in [0.3, 0.4) is 0 Å². The Bertz CT molecular complexity index is 836. The Morgan fingerprint density at radius 1 is 0.698 bits per heavy atom. The molecule has 1 aliphatic rings. The molecule has 0 bridgehead atoms. The first kappa shape index (κ1) is 38.3. The monoisotopic (exact) mass is 607 g/mol. The smallest absolute Gasteiger partial charge is 0.320 e. The number of esters is 4. The molecular formula is C34H57NO8. The van der Waals surface area contributed by atoms with Crippen LogP contribution in [-0.4, -0.2) is 73.8 Å². The Morgan fingerprint density at radius 2 is 1.21 bits per heavy atom. The third kappa shape index (κ3) is 20.8. The zero-order valence-electron chi connectivity index (χ0n) is 27.2. The first-order valence-electron chi connectivity index (χ1n) is 16.5. The van der Waals surface area contributed by atoms with E-state index in [9.17, 15) is 19.2 Å². The maximum absolute atomic E-state index is 13.0. The van der Waals surface area contributed by atoms with Crippen LogP contribution in [0, 0.1) is 0 Å². The van der Waals surface area contributed by atoms with Gasteiger partial charge in [0.1, 0.15) is 12.2 Å². The summed E-state index contributed by atoms with van der Waals surface area (Å²) >= 11 is 0. The summed E-state index contributed by atoms with van der Waals surface area (Å²) in [5, 5.41) is 0. The molecule has 1 aliphatic carbocycles. The van der Waals surface area contributed by atoms with E-state index in [1.54, 1.807) is 12.2 Å². The molecule has 0 saturated heterocycles. The highest BCUT2D eigenvalue weighted by Gasteiger charge is 2.23. The van der Waals surface area contributed by atoms with Gasteiger partial charge in [-0.15, -0.1) is 0 Å². The highest BCUT2D eigenvalue weighted by Crippen LogP contribution is 2.20. The fraction of sp³-hybridized carbons (Fsp3) is 0.765. The van der Waals surface area contributed by atoms with Gasteiger partial charge in [-0.3, -0.25) is 24.1 Å². The van der Waals surface area contributed by atoms with Crippen molar-refractivity contribution in [3.05, 3.63) is 23.8 Å². The zero-order valence-corrected chi connectivity index (χ0v) is 27.2. The highest BCUT2D eigenvalue weighted by atomic mass is 16.6. The van der Waals surface area contributed by atoms with Gasteiger partial charge in [0, 0.05) is 6.92 Å². The first-order chi connectivity index (χ1) is 20.8. The molecule has 0 aliphatic heterocycles. The Labute approximate surface area is 259 Å². The van der Waals surface area contributed by atoms with Gasteiger partial charge < -0.3 is 18.9 Å². The van der Waals surface area contributed by atoms with Gasteiger partial charge in [-0.2, -0.15) is 0 Å². The molecule has 2 atom stereocenters. The Kier molecular flexibility index (Phi) is 22.1. The lowest BCUT2D eigenvalue weighted by Gasteiger charge is -2.23. The van der Waals surface area contributed by atoms with Gasteiger partial charge in [0.2, 0.25) is 0 Å². The third-order valence-corrected chi connectivity index (χ3v) is 7.28. The van der Waals surface area contributed by atoms with Gasteiger partial charge >= 0.3 is 23.9 Å². The van der Waals surface area contributed by atoms with Crippen molar-refractivity contribution < 1.29 is 38.1 Å². The number of carbonyl (C=O) groups excluding carboxylic acids is 4. The summed E-state index contributed by atoms with van der Waals surface area (Å²) < 4.78 is 21.8. The molecule has 9 heteroatoms. The average molecular weight is 608 g/mol. The van der Waals surface area contributed by atoms with E-state index in [4.69, 9.17) is 18.9 Å². The Morgan fingerprint density at radius 3 is 1.72 bits per heavy atom. The predicted octanol–water partition coefficient (Wildman–Crippen LogP) is 6.63. The number of ether oxygens (including phenoxy) is 4. The number of carbonyl (C=O) groups is 4. The summed E-state index contributed by atoms with van der Waals surface area (Å²) in [4.78, 5) is 51.0. The van der Waals surface area contributed by atoms with Crippen LogP contribution >= 0.6 is 0 Å². The van der Waals surface area contributed by atoms with Crippen LogP contribution in [0.5, 0.6) is 0 Å². The van der Waals surface area contributed by atoms with Crippen molar-refractivity contribution >= 4 is 23.9 Å². The lowest BCUT2D eigenvalue weighted by atomic mass is 9.99. The fourth-order valence-corrected chi connectivity index (χ4v) is 4.84. The summed E-state index contributed by atoms with van der Waals surface area (Å²) in [7, 11) is 0. The summed E-state index contributed by atoms with van der Waals surface area (Å²) in [6, 6.07) is 0. The van der Waals surface area contributed by atoms with E-state index in [1.165, 1.54) is 50.3 Å². The van der Waals surface area contributed by atoms with Crippen molar-refractivity contribution in [3.63, 3.8) is 0 Å². The van der Waals surface area contributed by atoms with Gasteiger partial charge in [0.05, 0.1) is 32.8 Å². The van der Waals surface area contributed by atoms with E-state index >= 15 is 0 Å². The predicted molar refractivity (Wildman–Crippen MR) is 167 cm³/mol. The molecule has 43 heavy (non-hydrogen) atoms. The maximum Gasteiger partial charge on any atom is 0.320 e. The minimum Gasteiger partial charge on any atom is -0.465 e. The molecule has 246 valence electrons. The second kappa shape index (κ2) is 24.7. The van der Waals surface area contributed by atoms with Gasteiger partial charge in [-0.25, -0.2) is 0 Å². The second-order valence-corrected chi connectivity index (χ2v) is 11.3. The maximum atomic E-state index is 13.0. The van der Waals surface area contributed by atoms with E-state index < -0.39 is 36.1 Å². The topological polar surface area (TPSA) is 108 Å². The Balaban J connectivity index is 2.69. The normalized spacial score (nSPS) is 17.4. The summed E-state index contributed by atoms with van der Waals surface area (Å²) in [5.41, 5.74) is 1.11. The SMILES string of the molecule is CCCCCCCCOC(=O)CN(CC(=O)OCCCCCCCC)CC(=O)O[C@H]1/C=C\[C@@H](OC(C)=O)C=C(CC)CC1. The minimum absolute atomic E-state index is 0.213. The van der Waals surface area contributed by atoms with Crippen LogP contribution in [-0.2, 0) is 38.1 Å². The quantitative estimate of drug-likeness (QED) is 0.0547. The van der Waals surface area contributed by atoms with E-state index in [-0.39, 0.29) is 19.6 Å². The molecule has 1 rings (SSSR count). The summed E-state index contributed by atoms with van der Waals surface area (Å²) in [5.74, 6) is -1.93. The van der Waals surface area contributed by atoms with Gasteiger partial charge in [0.15, 0.2) is 0 Å². The lowest BCUT2D eigenvalue weighted by molar-refractivity contribution is -0.153. The fourth-order valence-electron chi connectivity index (χ4n) is 4.84. The van der Waals surface area contributed by atoms with E-state index in [2.05, 4.69) is 13.8 Å². The van der Waals surface area contributed by atoms with Crippen LogP contribution < -0.4 is 0 Å². The van der Waals surface area contributed by atoms with Gasteiger partial charge in [-0.05, 0) is 50.3 Å². The van der Waals surface area contributed by atoms with Crippen molar-refractivity contribution in [2.45, 2.75) is 136 Å². The molecular weight excluding hydrogens is 550 g/mol. The number of unbranched alkanes of at least 4 members (excludes halogenated alkanes) is 10. The molecule has 0 heterocycles. The van der Waals surface area contributed by atoms with Crippen molar-refractivity contribution in [3.8, 4) is 0 Å². The van der Waals surface area contributed by atoms with Crippen molar-refractivity contribution in [2.75, 3.05) is 32.8 Å². The summed E-state index contributed by atoms with van der Waals surface area (Å²) in [6.07, 6.45) is 19.3. The standard InChI is InChI=1S/C34H57NO8/c1-5-8-10-12-14-16-22-40-32(37)25-35(26-33(38)41-23-17-15-13-11-9-6-2)27-34(39)43-30-19-18-29(7-3)24-31(21-20-30)42-28(4)36/h20-21,24,30-31H,5-19,22-23,25-27H2,1-4H3/b21-20-,29-24?/t30-,31-/m1/s1. The zero-order chi connectivity index (χ0) is 31.7. The molecule has 0 aromatic rings. The largest absolute Gasteiger partial charge is 0.465 e.